The Labute approximate surface area is 149 Å². The van der Waals surface area contributed by atoms with E-state index in [1.807, 2.05) is 6.07 Å². The lowest BCUT2D eigenvalue weighted by Gasteiger charge is -2.06. The molecule has 0 atom stereocenters. The summed E-state index contributed by atoms with van der Waals surface area (Å²) in [5.41, 5.74) is 1.33. The molecule has 0 aliphatic heterocycles. The smallest absolute Gasteiger partial charge is 0.330 e. The van der Waals surface area contributed by atoms with Crippen LogP contribution in [-0.2, 0) is 16.1 Å². The van der Waals surface area contributed by atoms with Crippen LogP contribution in [-0.4, -0.2) is 22.1 Å². The Morgan fingerprint density at radius 3 is 2.72 bits per heavy atom. The molecule has 25 heavy (non-hydrogen) atoms. The highest BCUT2D eigenvalue weighted by atomic mass is 35.5. The zero-order chi connectivity index (χ0) is 17.6. The normalized spacial score (nSPS) is 11.1. The van der Waals surface area contributed by atoms with Crippen molar-refractivity contribution in [2.45, 2.75) is 6.54 Å². The van der Waals surface area contributed by atoms with Crippen molar-refractivity contribution < 1.29 is 9.53 Å². The van der Waals surface area contributed by atoms with Gasteiger partial charge in [-0.2, -0.15) is 0 Å². The van der Waals surface area contributed by atoms with E-state index in [0.29, 0.717) is 15.9 Å². The van der Waals surface area contributed by atoms with Gasteiger partial charge in [-0.15, -0.1) is 0 Å². The number of fused-ring (bicyclic) bond motifs is 1. The lowest BCUT2D eigenvalue weighted by molar-refractivity contribution is -0.137. The maximum absolute atomic E-state index is 12.3. The van der Waals surface area contributed by atoms with Gasteiger partial charge in [0.05, 0.1) is 23.8 Å². The van der Waals surface area contributed by atoms with Crippen molar-refractivity contribution in [2.24, 2.45) is 0 Å². The van der Waals surface area contributed by atoms with E-state index in [2.05, 4.69) is 4.98 Å². The van der Waals surface area contributed by atoms with Gasteiger partial charge in [0.25, 0.3) is 5.56 Å². The van der Waals surface area contributed by atoms with Crippen LogP contribution in [0.15, 0.2) is 65.7 Å². The first-order valence-corrected chi connectivity index (χ1v) is 8.06. The molecule has 2 aromatic carbocycles. The summed E-state index contributed by atoms with van der Waals surface area (Å²) in [6, 6.07) is 14.2. The predicted molar refractivity (Wildman–Crippen MR) is 97.4 cm³/mol. The fraction of sp³-hybridized carbons (Fsp3) is 0.105. The number of nitrogens with zero attached hydrogens (tertiary/aromatic N) is 2. The number of carbonyl (C=O) groups is 1. The Morgan fingerprint density at radius 1 is 1.16 bits per heavy atom. The average molecular weight is 355 g/mol. The van der Waals surface area contributed by atoms with Crippen LogP contribution in [0.5, 0.6) is 0 Å². The van der Waals surface area contributed by atoms with Crippen LogP contribution in [0.3, 0.4) is 0 Å². The zero-order valence-corrected chi connectivity index (χ0v) is 14.0. The van der Waals surface area contributed by atoms with E-state index in [-0.39, 0.29) is 18.7 Å². The first-order valence-electron chi connectivity index (χ1n) is 7.68. The summed E-state index contributed by atoms with van der Waals surface area (Å²) in [7, 11) is 0. The Kier molecular flexibility index (Phi) is 5.26. The van der Waals surface area contributed by atoms with Crippen LogP contribution < -0.4 is 5.56 Å². The molecule has 0 unspecified atom stereocenters. The Morgan fingerprint density at radius 2 is 1.92 bits per heavy atom. The predicted octanol–water partition coefficient (Wildman–Crippen LogP) is 3.31. The molecule has 0 N–H and O–H groups in total. The molecular weight excluding hydrogens is 340 g/mol. The highest BCUT2D eigenvalue weighted by Crippen LogP contribution is 2.10. The molecule has 0 amide bonds. The number of ether oxygens (including phenoxy) is 1. The maximum Gasteiger partial charge on any atom is 0.330 e. The van der Waals surface area contributed by atoms with Crippen molar-refractivity contribution in [3.63, 3.8) is 0 Å². The van der Waals surface area contributed by atoms with Crippen molar-refractivity contribution >= 4 is 34.5 Å². The quantitative estimate of drug-likeness (QED) is 0.521. The number of halogens is 1. The van der Waals surface area contributed by atoms with E-state index in [1.54, 1.807) is 48.5 Å². The molecule has 3 rings (SSSR count). The van der Waals surface area contributed by atoms with Crippen LogP contribution in [0.25, 0.3) is 17.0 Å². The fourth-order valence-electron chi connectivity index (χ4n) is 2.30. The first-order chi connectivity index (χ1) is 12.1. The second kappa shape index (κ2) is 7.77. The average Bonchev–Trinajstić information content (AvgIpc) is 2.63. The number of hydrogen-bond donors (Lipinski definition) is 0. The molecule has 0 spiro atoms. The SMILES string of the molecule is O=C(/C=C/c1ccc(Cl)cc1)OCCn1cnc2ccccc2c1=O. The molecule has 6 heteroatoms. The van der Waals surface area contributed by atoms with Gasteiger partial charge in [0.15, 0.2) is 0 Å². The third kappa shape index (κ3) is 4.33. The Bertz CT molecular complexity index is 978. The number of benzene rings is 2. The number of carbonyl (C=O) groups excluding carboxylic acids is 1. The van der Waals surface area contributed by atoms with Crippen molar-refractivity contribution in [2.75, 3.05) is 6.61 Å². The molecular formula is C19H15ClN2O3. The van der Waals surface area contributed by atoms with Crippen LogP contribution in [0, 0.1) is 0 Å². The van der Waals surface area contributed by atoms with Crippen LogP contribution in [0.4, 0.5) is 0 Å². The number of rotatable bonds is 5. The Hall–Kier alpha value is -2.92. The number of para-hydroxylation sites is 1. The molecule has 0 saturated carbocycles. The molecule has 126 valence electrons. The van der Waals surface area contributed by atoms with Gasteiger partial charge in [-0.25, -0.2) is 9.78 Å². The van der Waals surface area contributed by atoms with Gasteiger partial charge in [-0.1, -0.05) is 35.9 Å². The summed E-state index contributed by atoms with van der Waals surface area (Å²) in [5, 5.41) is 1.17. The standard InChI is InChI=1S/C19H15ClN2O3/c20-15-8-5-14(6-9-15)7-10-18(23)25-12-11-22-13-21-17-4-2-1-3-16(17)19(22)24/h1-10,13H,11-12H2/b10-7+. The fourth-order valence-corrected chi connectivity index (χ4v) is 2.42. The molecule has 0 bridgehead atoms. The minimum atomic E-state index is -0.475. The van der Waals surface area contributed by atoms with E-state index in [4.69, 9.17) is 16.3 Å². The molecule has 0 fully saturated rings. The van der Waals surface area contributed by atoms with E-state index in [0.717, 1.165) is 5.56 Å². The molecule has 5 nitrogen and oxygen atoms in total. The van der Waals surface area contributed by atoms with Crippen LogP contribution >= 0.6 is 11.6 Å². The summed E-state index contributed by atoms with van der Waals surface area (Å²) in [6.45, 7) is 0.334. The molecule has 0 saturated heterocycles. The minimum absolute atomic E-state index is 0.0870. The number of esters is 1. The highest BCUT2D eigenvalue weighted by Gasteiger charge is 2.04. The molecule has 1 aromatic heterocycles. The van der Waals surface area contributed by atoms with Crippen molar-refractivity contribution in [3.8, 4) is 0 Å². The van der Waals surface area contributed by atoms with E-state index in [9.17, 15) is 9.59 Å². The van der Waals surface area contributed by atoms with Gasteiger partial charge in [-0.3, -0.25) is 9.36 Å². The van der Waals surface area contributed by atoms with E-state index < -0.39 is 5.97 Å². The van der Waals surface area contributed by atoms with Gasteiger partial charge in [0, 0.05) is 11.1 Å². The summed E-state index contributed by atoms with van der Waals surface area (Å²) in [4.78, 5) is 28.3. The number of hydrogen-bond acceptors (Lipinski definition) is 4. The molecule has 0 aliphatic rings. The molecule has 0 radical (unpaired) electrons. The molecule has 1 heterocycles. The van der Waals surface area contributed by atoms with Gasteiger partial charge in [0.1, 0.15) is 6.61 Å². The Balaban J connectivity index is 1.57. The van der Waals surface area contributed by atoms with Gasteiger partial charge >= 0.3 is 5.97 Å². The number of aromatic nitrogens is 2. The first kappa shape index (κ1) is 16.9. The summed E-state index contributed by atoms with van der Waals surface area (Å²) < 4.78 is 6.55. The zero-order valence-electron chi connectivity index (χ0n) is 13.3. The lowest BCUT2D eigenvalue weighted by atomic mass is 10.2. The van der Waals surface area contributed by atoms with Crippen molar-refractivity contribution in [1.82, 2.24) is 9.55 Å². The minimum Gasteiger partial charge on any atom is -0.461 e. The van der Waals surface area contributed by atoms with Gasteiger partial charge in [-0.05, 0) is 35.9 Å². The summed E-state index contributed by atoms with van der Waals surface area (Å²) in [6.07, 6.45) is 4.44. The maximum atomic E-state index is 12.3. The lowest BCUT2D eigenvalue weighted by Crippen LogP contribution is -2.23. The second-order valence-corrected chi connectivity index (χ2v) is 5.75. The second-order valence-electron chi connectivity index (χ2n) is 5.31. The van der Waals surface area contributed by atoms with Crippen molar-refractivity contribution in [1.29, 1.82) is 0 Å². The largest absolute Gasteiger partial charge is 0.461 e. The van der Waals surface area contributed by atoms with Crippen LogP contribution in [0.2, 0.25) is 5.02 Å². The molecule has 0 aliphatic carbocycles. The van der Waals surface area contributed by atoms with Gasteiger partial charge in [0.2, 0.25) is 0 Å². The monoisotopic (exact) mass is 354 g/mol. The topological polar surface area (TPSA) is 61.2 Å². The summed E-state index contributed by atoms with van der Waals surface area (Å²) >= 11 is 5.80. The van der Waals surface area contributed by atoms with E-state index >= 15 is 0 Å². The van der Waals surface area contributed by atoms with Crippen molar-refractivity contribution in [3.05, 3.63) is 81.9 Å². The molecule has 3 aromatic rings. The van der Waals surface area contributed by atoms with Gasteiger partial charge < -0.3 is 4.74 Å². The summed E-state index contributed by atoms with van der Waals surface area (Å²) in [5.74, 6) is -0.475. The van der Waals surface area contributed by atoms with E-state index in [1.165, 1.54) is 17.0 Å². The third-order valence-corrected chi connectivity index (χ3v) is 3.84. The third-order valence-electron chi connectivity index (χ3n) is 3.59. The van der Waals surface area contributed by atoms with Crippen LogP contribution in [0.1, 0.15) is 5.56 Å². The highest BCUT2D eigenvalue weighted by molar-refractivity contribution is 6.30.